The zero-order chi connectivity index (χ0) is 15.6. The second-order valence-electron chi connectivity index (χ2n) is 6.04. The summed E-state index contributed by atoms with van der Waals surface area (Å²) in [4.78, 5) is 17.1. The number of carbonyl (C=O) groups is 1. The van der Waals surface area contributed by atoms with E-state index in [4.69, 9.17) is 4.42 Å². The minimum Gasteiger partial charge on any atom is -0.461 e. The average molecular weight is 309 g/mol. The molecule has 118 valence electrons. The molecule has 1 aliphatic rings. The van der Waals surface area contributed by atoms with E-state index in [-0.39, 0.29) is 12.5 Å². The Labute approximate surface area is 134 Å². The average Bonchev–Trinajstić information content (AvgIpc) is 3.28. The van der Waals surface area contributed by atoms with Crippen molar-refractivity contribution in [1.82, 2.24) is 14.9 Å². The Morgan fingerprint density at radius 2 is 2.04 bits per heavy atom. The number of hydrogen-bond donors (Lipinski definition) is 1. The lowest BCUT2D eigenvalue weighted by Gasteiger charge is -2.13. The minimum atomic E-state index is 0.0351. The zero-order valence-electron chi connectivity index (χ0n) is 12.9. The van der Waals surface area contributed by atoms with Gasteiger partial charge in [0.1, 0.15) is 6.54 Å². The van der Waals surface area contributed by atoms with Crippen molar-refractivity contribution < 1.29 is 9.21 Å². The van der Waals surface area contributed by atoms with E-state index in [1.165, 1.54) is 12.8 Å². The van der Waals surface area contributed by atoms with Crippen LogP contribution in [0.1, 0.15) is 25.7 Å². The fourth-order valence-electron chi connectivity index (χ4n) is 3.32. The number of carbonyl (C=O) groups excluding carboxylic acids is 1. The molecule has 2 aromatic heterocycles. The third kappa shape index (κ3) is 2.74. The molecular weight excluding hydrogens is 290 g/mol. The van der Waals surface area contributed by atoms with Gasteiger partial charge in [-0.1, -0.05) is 25.0 Å². The Kier molecular flexibility index (Phi) is 3.61. The summed E-state index contributed by atoms with van der Waals surface area (Å²) in [6.45, 7) is 0.257. The van der Waals surface area contributed by atoms with Gasteiger partial charge in [0.2, 0.25) is 5.91 Å². The number of nitrogens with zero attached hydrogens (tertiary/aromatic N) is 2. The second kappa shape index (κ2) is 5.91. The van der Waals surface area contributed by atoms with Gasteiger partial charge in [-0.2, -0.15) is 0 Å². The summed E-state index contributed by atoms with van der Waals surface area (Å²) in [5.41, 5.74) is 1.81. The number of furan rings is 1. The standard InChI is InChI=1S/C18H19N3O2/c22-17(19-13-6-1-2-7-13)12-21-15-9-4-3-8-14(15)20-18(21)16-10-5-11-23-16/h3-5,8-11,13H,1-2,6-7,12H2,(H,19,22). The number of fused-ring (bicyclic) bond motifs is 1. The van der Waals surface area contributed by atoms with E-state index < -0.39 is 0 Å². The molecule has 1 amide bonds. The molecule has 0 spiro atoms. The Bertz CT molecular complexity index is 814. The number of imidazole rings is 1. The van der Waals surface area contributed by atoms with Crippen LogP contribution in [0.15, 0.2) is 47.1 Å². The van der Waals surface area contributed by atoms with Crippen molar-refractivity contribution in [2.24, 2.45) is 0 Å². The number of amides is 1. The van der Waals surface area contributed by atoms with Gasteiger partial charge in [-0.15, -0.1) is 0 Å². The van der Waals surface area contributed by atoms with Crippen LogP contribution in [0.2, 0.25) is 0 Å². The summed E-state index contributed by atoms with van der Waals surface area (Å²) in [5.74, 6) is 1.40. The van der Waals surface area contributed by atoms with Crippen molar-refractivity contribution in [3.63, 3.8) is 0 Å². The molecule has 0 saturated heterocycles. The molecule has 5 nitrogen and oxygen atoms in total. The van der Waals surface area contributed by atoms with Gasteiger partial charge < -0.3 is 14.3 Å². The summed E-state index contributed by atoms with van der Waals surface area (Å²) in [7, 11) is 0. The van der Waals surface area contributed by atoms with E-state index in [0.29, 0.717) is 17.6 Å². The Morgan fingerprint density at radius 3 is 2.83 bits per heavy atom. The first-order valence-corrected chi connectivity index (χ1v) is 8.10. The highest BCUT2D eigenvalue weighted by Crippen LogP contribution is 2.25. The molecule has 5 heteroatoms. The lowest BCUT2D eigenvalue weighted by atomic mass is 10.2. The van der Waals surface area contributed by atoms with Crippen LogP contribution in [0.5, 0.6) is 0 Å². The van der Waals surface area contributed by atoms with Crippen LogP contribution < -0.4 is 5.32 Å². The van der Waals surface area contributed by atoms with E-state index in [0.717, 1.165) is 23.9 Å². The maximum Gasteiger partial charge on any atom is 0.240 e. The van der Waals surface area contributed by atoms with Crippen LogP contribution in [0.4, 0.5) is 0 Å². The Balaban J connectivity index is 1.67. The maximum absolute atomic E-state index is 12.4. The zero-order valence-corrected chi connectivity index (χ0v) is 12.9. The predicted octanol–water partition coefficient (Wildman–Crippen LogP) is 3.36. The molecule has 3 aromatic rings. The van der Waals surface area contributed by atoms with Crippen LogP contribution in [0.3, 0.4) is 0 Å². The third-order valence-electron chi connectivity index (χ3n) is 4.42. The van der Waals surface area contributed by atoms with Gasteiger partial charge in [0, 0.05) is 6.04 Å². The molecule has 2 heterocycles. The molecular formula is C18H19N3O2. The van der Waals surface area contributed by atoms with E-state index in [9.17, 15) is 4.79 Å². The molecule has 0 atom stereocenters. The van der Waals surface area contributed by atoms with Gasteiger partial charge in [-0.05, 0) is 37.1 Å². The van der Waals surface area contributed by atoms with Crippen molar-refractivity contribution in [2.75, 3.05) is 0 Å². The summed E-state index contributed by atoms with van der Waals surface area (Å²) < 4.78 is 7.42. The van der Waals surface area contributed by atoms with E-state index >= 15 is 0 Å². The number of rotatable bonds is 4. The molecule has 23 heavy (non-hydrogen) atoms. The fraction of sp³-hybridized carbons (Fsp3) is 0.333. The first-order valence-electron chi connectivity index (χ1n) is 8.10. The molecule has 1 aromatic carbocycles. The number of para-hydroxylation sites is 2. The van der Waals surface area contributed by atoms with Crippen LogP contribution >= 0.6 is 0 Å². The molecule has 1 aliphatic carbocycles. The number of benzene rings is 1. The lowest BCUT2D eigenvalue weighted by Crippen LogP contribution is -2.35. The molecule has 1 saturated carbocycles. The quantitative estimate of drug-likeness (QED) is 0.804. The van der Waals surface area contributed by atoms with E-state index in [1.807, 2.05) is 41.0 Å². The van der Waals surface area contributed by atoms with Crippen molar-refractivity contribution >= 4 is 16.9 Å². The highest BCUT2D eigenvalue weighted by atomic mass is 16.3. The van der Waals surface area contributed by atoms with Gasteiger partial charge in [0.05, 0.1) is 17.3 Å². The Hall–Kier alpha value is -2.56. The SMILES string of the molecule is O=C(Cn1c(-c2ccco2)nc2ccccc21)NC1CCCC1. The molecule has 0 bridgehead atoms. The smallest absolute Gasteiger partial charge is 0.240 e. The number of hydrogen-bond acceptors (Lipinski definition) is 3. The van der Waals surface area contributed by atoms with Gasteiger partial charge in [-0.25, -0.2) is 4.98 Å². The first kappa shape index (κ1) is 14.1. The third-order valence-corrected chi connectivity index (χ3v) is 4.42. The fourth-order valence-corrected chi connectivity index (χ4v) is 3.32. The van der Waals surface area contributed by atoms with Gasteiger partial charge in [-0.3, -0.25) is 4.79 Å². The first-order chi connectivity index (χ1) is 11.3. The lowest BCUT2D eigenvalue weighted by molar-refractivity contribution is -0.122. The van der Waals surface area contributed by atoms with Crippen molar-refractivity contribution in [1.29, 1.82) is 0 Å². The van der Waals surface area contributed by atoms with Crippen LogP contribution in [-0.2, 0) is 11.3 Å². The predicted molar refractivity (Wildman–Crippen MR) is 87.8 cm³/mol. The molecule has 0 radical (unpaired) electrons. The van der Waals surface area contributed by atoms with Gasteiger partial charge in [0.15, 0.2) is 11.6 Å². The normalized spacial score (nSPS) is 15.3. The molecule has 0 unspecified atom stereocenters. The highest BCUT2D eigenvalue weighted by molar-refractivity contribution is 5.84. The van der Waals surface area contributed by atoms with E-state index in [2.05, 4.69) is 10.3 Å². The maximum atomic E-state index is 12.4. The highest BCUT2D eigenvalue weighted by Gasteiger charge is 2.20. The van der Waals surface area contributed by atoms with Crippen molar-refractivity contribution in [2.45, 2.75) is 38.3 Å². The largest absolute Gasteiger partial charge is 0.461 e. The summed E-state index contributed by atoms with van der Waals surface area (Å²) >= 11 is 0. The van der Waals surface area contributed by atoms with E-state index in [1.54, 1.807) is 6.26 Å². The second-order valence-corrected chi connectivity index (χ2v) is 6.04. The Morgan fingerprint density at radius 1 is 1.22 bits per heavy atom. The topological polar surface area (TPSA) is 60.1 Å². The van der Waals surface area contributed by atoms with Crippen LogP contribution in [0, 0.1) is 0 Å². The molecule has 0 aliphatic heterocycles. The molecule has 1 fully saturated rings. The molecule has 4 rings (SSSR count). The van der Waals surface area contributed by atoms with Crippen LogP contribution in [0.25, 0.3) is 22.6 Å². The number of aromatic nitrogens is 2. The van der Waals surface area contributed by atoms with Crippen LogP contribution in [-0.4, -0.2) is 21.5 Å². The minimum absolute atomic E-state index is 0.0351. The van der Waals surface area contributed by atoms with Crippen molar-refractivity contribution in [3.8, 4) is 11.6 Å². The van der Waals surface area contributed by atoms with Gasteiger partial charge in [0.25, 0.3) is 0 Å². The van der Waals surface area contributed by atoms with Gasteiger partial charge >= 0.3 is 0 Å². The summed E-state index contributed by atoms with van der Waals surface area (Å²) in [6.07, 6.45) is 6.20. The summed E-state index contributed by atoms with van der Waals surface area (Å²) in [6, 6.07) is 11.9. The molecule has 1 N–H and O–H groups in total. The number of nitrogens with one attached hydrogen (secondary N) is 1. The monoisotopic (exact) mass is 309 g/mol. The van der Waals surface area contributed by atoms with Crippen molar-refractivity contribution in [3.05, 3.63) is 42.7 Å². The summed E-state index contributed by atoms with van der Waals surface area (Å²) in [5, 5.41) is 3.14.